The second-order valence-corrected chi connectivity index (χ2v) is 6.81. The second-order valence-electron chi connectivity index (χ2n) is 6.81. The fourth-order valence-electron chi connectivity index (χ4n) is 3.07. The highest BCUT2D eigenvalue weighted by molar-refractivity contribution is 6.05. The Hall–Kier alpha value is -4.14. The van der Waals surface area contributed by atoms with E-state index in [1.54, 1.807) is 57.1 Å². The van der Waals surface area contributed by atoms with Crippen molar-refractivity contribution in [3.8, 4) is 28.6 Å². The number of rotatable bonds is 6. The highest BCUT2D eigenvalue weighted by atomic mass is 16.5. The van der Waals surface area contributed by atoms with Crippen LogP contribution in [0, 0.1) is 13.8 Å². The van der Waals surface area contributed by atoms with Crippen LogP contribution in [-0.4, -0.2) is 40.0 Å². The zero-order chi connectivity index (χ0) is 22.0. The van der Waals surface area contributed by atoms with E-state index in [9.17, 15) is 4.79 Å². The van der Waals surface area contributed by atoms with Gasteiger partial charge in [0.2, 0.25) is 11.7 Å². The Morgan fingerprint density at radius 2 is 1.71 bits per heavy atom. The minimum absolute atomic E-state index is 0.280. The molecule has 0 spiro atoms. The second kappa shape index (κ2) is 8.31. The van der Waals surface area contributed by atoms with Gasteiger partial charge in [0.25, 0.3) is 5.91 Å². The van der Waals surface area contributed by atoms with Gasteiger partial charge in [-0.05, 0) is 31.2 Å². The molecule has 4 aromatic rings. The molecule has 0 bridgehead atoms. The summed E-state index contributed by atoms with van der Waals surface area (Å²) in [5.41, 5.74) is 3.25. The van der Waals surface area contributed by atoms with E-state index >= 15 is 0 Å². The summed E-state index contributed by atoms with van der Waals surface area (Å²) in [4.78, 5) is 17.1. The van der Waals surface area contributed by atoms with Crippen LogP contribution in [0.3, 0.4) is 0 Å². The first kappa shape index (κ1) is 20.1. The SMILES string of the molecule is COc1cc(NC(=O)c2cn(-c3ccc(-c4noc(C)n4)cc3)nc2C)cc(OC)c1. The van der Waals surface area contributed by atoms with Gasteiger partial charge in [-0.15, -0.1) is 0 Å². The summed E-state index contributed by atoms with van der Waals surface area (Å²) in [5.74, 6) is 1.91. The minimum Gasteiger partial charge on any atom is -0.497 e. The van der Waals surface area contributed by atoms with Gasteiger partial charge >= 0.3 is 0 Å². The molecule has 2 aromatic heterocycles. The molecule has 0 unspecified atom stereocenters. The molecule has 0 atom stereocenters. The van der Waals surface area contributed by atoms with Crippen molar-refractivity contribution in [3.05, 3.63) is 65.8 Å². The fourth-order valence-corrected chi connectivity index (χ4v) is 3.07. The van der Waals surface area contributed by atoms with E-state index < -0.39 is 0 Å². The number of methoxy groups -OCH3 is 2. The van der Waals surface area contributed by atoms with Gasteiger partial charge in [-0.25, -0.2) is 4.68 Å². The van der Waals surface area contributed by atoms with Crippen LogP contribution in [0.1, 0.15) is 21.9 Å². The van der Waals surface area contributed by atoms with Gasteiger partial charge in [0.15, 0.2) is 0 Å². The molecule has 2 aromatic carbocycles. The molecule has 0 radical (unpaired) electrons. The number of carbonyl (C=O) groups excluding carboxylic acids is 1. The van der Waals surface area contributed by atoms with Gasteiger partial charge in [-0.3, -0.25) is 4.79 Å². The fraction of sp³-hybridized carbons (Fsp3) is 0.182. The number of nitrogens with one attached hydrogen (secondary N) is 1. The molecule has 9 heteroatoms. The summed E-state index contributed by atoms with van der Waals surface area (Å²) in [6, 6.07) is 12.7. The molecule has 0 saturated carbocycles. The zero-order valence-electron chi connectivity index (χ0n) is 17.5. The number of nitrogens with zero attached hydrogens (tertiary/aromatic N) is 4. The van der Waals surface area contributed by atoms with Crippen molar-refractivity contribution >= 4 is 11.6 Å². The predicted molar refractivity (Wildman–Crippen MR) is 114 cm³/mol. The number of ether oxygens (including phenoxy) is 2. The number of aryl methyl sites for hydroxylation is 2. The lowest BCUT2D eigenvalue weighted by molar-refractivity contribution is 0.102. The molecule has 4 rings (SSSR count). The van der Waals surface area contributed by atoms with Crippen LogP contribution in [0.2, 0.25) is 0 Å². The van der Waals surface area contributed by atoms with Gasteiger partial charge < -0.3 is 19.3 Å². The maximum Gasteiger partial charge on any atom is 0.259 e. The lowest BCUT2D eigenvalue weighted by Gasteiger charge is -2.09. The summed E-state index contributed by atoms with van der Waals surface area (Å²) < 4.78 is 17.2. The molecule has 0 aliphatic carbocycles. The van der Waals surface area contributed by atoms with Crippen molar-refractivity contribution in [2.45, 2.75) is 13.8 Å². The van der Waals surface area contributed by atoms with E-state index in [0.29, 0.717) is 40.2 Å². The van der Waals surface area contributed by atoms with Crippen molar-refractivity contribution in [3.63, 3.8) is 0 Å². The normalized spacial score (nSPS) is 10.7. The smallest absolute Gasteiger partial charge is 0.259 e. The van der Waals surface area contributed by atoms with Gasteiger partial charge in [0.1, 0.15) is 11.5 Å². The molecule has 2 heterocycles. The van der Waals surface area contributed by atoms with Crippen LogP contribution in [0.25, 0.3) is 17.1 Å². The highest BCUT2D eigenvalue weighted by Gasteiger charge is 2.16. The molecule has 9 nitrogen and oxygen atoms in total. The largest absolute Gasteiger partial charge is 0.497 e. The Balaban J connectivity index is 1.55. The van der Waals surface area contributed by atoms with E-state index in [1.165, 1.54) is 0 Å². The third-order valence-corrected chi connectivity index (χ3v) is 4.67. The van der Waals surface area contributed by atoms with Gasteiger partial charge in [0, 0.05) is 42.6 Å². The topological polar surface area (TPSA) is 104 Å². The maximum absolute atomic E-state index is 12.8. The van der Waals surface area contributed by atoms with E-state index in [0.717, 1.165) is 11.3 Å². The number of carbonyl (C=O) groups is 1. The van der Waals surface area contributed by atoms with Gasteiger partial charge in [0.05, 0.1) is 31.2 Å². The Kier molecular flexibility index (Phi) is 5.40. The molecular weight excluding hydrogens is 398 g/mol. The number of aromatic nitrogens is 4. The van der Waals surface area contributed by atoms with Crippen LogP contribution in [0.15, 0.2) is 53.2 Å². The molecule has 1 amide bonds. The van der Waals surface area contributed by atoms with Crippen molar-refractivity contribution < 1.29 is 18.8 Å². The Bertz CT molecular complexity index is 1200. The number of anilines is 1. The van der Waals surface area contributed by atoms with E-state index in [1.807, 2.05) is 24.3 Å². The number of amides is 1. The van der Waals surface area contributed by atoms with Crippen LogP contribution in [0.5, 0.6) is 11.5 Å². The molecule has 0 aliphatic rings. The van der Waals surface area contributed by atoms with E-state index in [2.05, 4.69) is 20.6 Å². The van der Waals surface area contributed by atoms with E-state index in [-0.39, 0.29) is 5.91 Å². The maximum atomic E-state index is 12.8. The molecule has 0 fully saturated rings. The van der Waals surface area contributed by atoms with Crippen molar-refractivity contribution in [2.24, 2.45) is 0 Å². The monoisotopic (exact) mass is 419 g/mol. The summed E-state index contributed by atoms with van der Waals surface area (Å²) in [6.07, 6.45) is 1.69. The van der Waals surface area contributed by atoms with Crippen LogP contribution < -0.4 is 14.8 Å². The molecule has 31 heavy (non-hydrogen) atoms. The Labute approximate surface area is 178 Å². The summed E-state index contributed by atoms with van der Waals surface area (Å²) >= 11 is 0. The van der Waals surface area contributed by atoms with Crippen molar-refractivity contribution in [1.29, 1.82) is 0 Å². The molecule has 0 aliphatic heterocycles. The summed E-state index contributed by atoms with van der Waals surface area (Å²) in [7, 11) is 3.11. The first-order chi connectivity index (χ1) is 15.0. The van der Waals surface area contributed by atoms with Gasteiger partial charge in [-0.1, -0.05) is 5.16 Å². The van der Waals surface area contributed by atoms with Crippen LogP contribution in [0.4, 0.5) is 5.69 Å². The first-order valence-corrected chi connectivity index (χ1v) is 9.48. The average Bonchev–Trinajstić information content (AvgIpc) is 3.39. The van der Waals surface area contributed by atoms with Gasteiger partial charge in [-0.2, -0.15) is 10.1 Å². The zero-order valence-corrected chi connectivity index (χ0v) is 17.5. The summed E-state index contributed by atoms with van der Waals surface area (Å²) in [5, 5.41) is 11.3. The van der Waals surface area contributed by atoms with E-state index in [4.69, 9.17) is 14.0 Å². The third kappa shape index (κ3) is 4.25. The minimum atomic E-state index is -0.280. The standard InChI is InChI=1S/C22H21N5O4/c1-13-20(22(28)24-16-9-18(29-3)11-19(10-16)30-4)12-27(25-13)17-7-5-15(6-8-17)21-23-14(2)31-26-21/h5-12H,1-4H3,(H,24,28). The number of hydrogen-bond donors (Lipinski definition) is 1. The number of hydrogen-bond acceptors (Lipinski definition) is 7. The first-order valence-electron chi connectivity index (χ1n) is 9.48. The molecule has 0 saturated heterocycles. The lowest BCUT2D eigenvalue weighted by Crippen LogP contribution is -2.12. The summed E-state index contributed by atoms with van der Waals surface area (Å²) in [6.45, 7) is 3.53. The van der Waals surface area contributed by atoms with Crippen molar-refractivity contribution in [2.75, 3.05) is 19.5 Å². The molecule has 158 valence electrons. The Morgan fingerprint density at radius 3 is 2.29 bits per heavy atom. The number of benzene rings is 2. The highest BCUT2D eigenvalue weighted by Crippen LogP contribution is 2.26. The average molecular weight is 419 g/mol. The molecule has 1 N–H and O–H groups in total. The predicted octanol–water partition coefficient (Wildman–Crippen LogP) is 3.81. The molecular formula is C22H21N5O4. The van der Waals surface area contributed by atoms with Crippen LogP contribution >= 0.6 is 0 Å². The third-order valence-electron chi connectivity index (χ3n) is 4.67. The lowest BCUT2D eigenvalue weighted by atomic mass is 10.2. The quantitative estimate of drug-likeness (QED) is 0.507. The van der Waals surface area contributed by atoms with Crippen molar-refractivity contribution in [1.82, 2.24) is 19.9 Å². The van der Waals surface area contributed by atoms with Crippen LogP contribution in [-0.2, 0) is 0 Å². The Morgan fingerprint density at radius 1 is 1.03 bits per heavy atom.